The van der Waals surface area contributed by atoms with Crippen molar-refractivity contribution in [3.05, 3.63) is 24.3 Å². The van der Waals surface area contributed by atoms with Gasteiger partial charge in [-0.2, -0.15) is 11.8 Å². The first kappa shape index (κ1) is 14.3. The zero-order valence-corrected chi connectivity index (χ0v) is 12.3. The summed E-state index contributed by atoms with van der Waals surface area (Å²) in [5.41, 5.74) is 1.49. The summed E-state index contributed by atoms with van der Waals surface area (Å²) in [5.74, 6) is 2.99. The SMILES string of the molecule is CC(=O)Nc1ccc(NC(=O)C2CSCCS2)cc1. The first-order chi connectivity index (χ1) is 9.15. The molecule has 102 valence electrons. The molecule has 1 atom stereocenters. The van der Waals surface area contributed by atoms with Gasteiger partial charge in [0.1, 0.15) is 0 Å². The Balaban J connectivity index is 1.91. The van der Waals surface area contributed by atoms with Gasteiger partial charge in [-0.05, 0) is 24.3 Å². The first-order valence-corrected chi connectivity index (χ1v) is 8.23. The molecule has 0 bridgehead atoms. The smallest absolute Gasteiger partial charge is 0.238 e. The number of rotatable bonds is 3. The zero-order chi connectivity index (χ0) is 13.7. The van der Waals surface area contributed by atoms with Gasteiger partial charge in [-0.15, -0.1) is 11.8 Å². The average Bonchev–Trinajstić information content (AvgIpc) is 2.41. The number of carbonyl (C=O) groups excluding carboxylic acids is 2. The molecule has 0 aliphatic carbocycles. The van der Waals surface area contributed by atoms with E-state index in [1.807, 2.05) is 11.8 Å². The molecule has 1 aliphatic rings. The highest BCUT2D eigenvalue weighted by Gasteiger charge is 2.21. The van der Waals surface area contributed by atoms with E-state index < -0.39 is 0 Å². The number of thioether (sulfide) groups is 2. The van der Waals surface area contributed by atoms with E-state index in [9.17, 15) is 9.59 Å². The molecule has 6 heteroatoms. The first-order valence-electron chi connectivity index (χ1n) is 6.03. The van der Waals surface area contributed by atoms with Crippen molar-refractivity contribution in [2.75, 3.05) is 27.9 Å². The van der Waals surface area contributed by atoms with Crippen LogP contribution < -0.4 is 10.6 Å². The van der Waals surface area contributed by atoms with E-state index in [2.05, 4.69) is 10.6 Å². The van der Waals surface area contributed by atoms with Gasteiger partial charge in [-0.1, -0.05) is 0 Å². The van der Waals surface area contributed by atoms with E-state index in [0.29, 0.717) is 0 Å². The van der Waals surface area contributed by atoms with Gasteiger partial charge < -0.3 is 10.6 Å². The third-order valence-corrected chi connectivity index (χ3v) is 5.34. The molecule has 1 aromatic rings. The molecule has 1 heterocycles. The second kappa shape index (κ2) is 6.86. The maximum atomic E-state index is 12.0. The minimum absolute atomic E-state index is 0.0359. The Kier molecular flexibility index (Phi) is 5.15. The van der Waals surface area contributed by atoms with Crippen molar-refractivity contribution < 1.29 is 9.59 Å². The number of benzene rings is 1. The maximum Gasteiger partial charge on any atom is 0.238 e. The summed E-state index contributed by atoms with van der Waals surface area (Å²) >= 11 is 3.53. The molecule has 1 unspecified atom stereocenters. The fourth-order valence-corrected chi connectivity index (χ4v) is 4.26. The summed E-state index contributed by atoms with van der Waals surface area (Å²) in [7, 11) is 0. The third-order valence-electron chi connectivity index (χ3n) is 2.58. The summed E-state index contributed by atoms with van der Waals surface area (Å²) in [4.78, 5) is 22.9. The minimum atomic E-state index is -0.104. The normalized spacial score (nSPS) is 18.7. The van der Waals surface area contributed by atoms with Gasteiger partial charge in [-0.3, -0.25) is 9.59 Å². The van der Waals surface area contributed by atoms with Crippen LogP contribution in [-0.4, -0.2) is 34.3 Å². The monoisotopic (exact) mass is 296 g/mol. The molecule has 2 N–H and O–H groups in total. The molecule has 2 amide bonds. The summed E-state index contributed by atoms with van der Waals surface area (Å²) in [5, 5.41) is 5.63. The van der Waals surface area contributed by atoms with E-state index >= 15 is 0 Å². The molecular formula is C13H16N2O2S2. The molecule has 1 fully saturated rings. The van der Waals surface area contributed by atoms with Crippen molar-refractivity contribution >= 4 is 46.7 Å². The number of anilines is 2. The molecule has 1 aromatic carbocycles. The molecule has 0 radical (unpaired) electrons. The average molecular weight is 296 g/mol. The number of nitrogens with one attached hydrogen (secondary N) is 2. The fraction of sp³-hybridized carbons (Fsp3) is 0.385. The Bertz CT molecular complexity index is 456. The minimum Gasteiger partial charge on any atom is -0.326 e. The molecular weight excluding hydrogens is 280 g/mol. The van der Waals surface area contributed by atoms with Gasteiger partial charge in [0.2, 0.25) is 11.8 Å². The van der Waals surface area contributed by atoms with Gasteiger partial charge in [0, 0.05) is 35.6 Å². The molecule has 19 heavy (non-hydrogen) atoms. The predicted molar refractivity (Wildman–Crippen MR) is 82.9 cm³/mol. The number of carbonyl (C=O) groups is 2. The van der Waals surface area contributed by atoms with Gasteiger partial charge in [0.15, 0.2) is 0 Å². The molecule has 1 saturated heterocycles. The molecule has 4 nitrogen and oxygen atoms in total. The number of hydrogen-bond donors (Lipinski definition) is 2. The topological polar surface area (TPSA) is 58.2 Å². The lowest BCUT2D eigenvalue weighted by atomic mass is 10.2. The Morgan fingerprint density at radius 3 is 2.26 bits per heavy atom. The van der Waals surface area contributed by atoms with Gasteiger partial charge >= 0.3 is 0 Å². The van der Waals surface area contributed by atoms with Crippen LogP contribution in [0.3, 0.4) is 0 Å². The maximum absolute atomic E-state index is 12.0. The Labute approximate surface area is 121 Å². The van der Waals surface area contributed by atoms with Crippen LogP contribution in [0.15, 0.2) is 24.3 Å². The van der Waals surface area contributed by atoms with Crippen molar-refractivity contribution in [1.29, 1.82) is 0 Å². The highest BCUT2D eigenvalue weighted by Crippen LogP contribution is 2.25. The van der Waals surface area contributed by atoms with Crippen LogP contribution in [-0.2, 0) is 9.59 Å². The van der Waals surface area contributed by atoms with Gasteiger partial charge in [0.05, 0.1) is 5.25 Å². The molecule has 1 aliphatic heterocycles. The molecule has 0 aromatic heterocycles. The quantitative estimate of drug-likeness (QED) is 0.899. The number of amides is 2. The van der Waals surface area contributed by atoms with Crippen molar-refractivity contribution in [1.82, 2.24) is 0 Å². The Hall–Kier alpha value is -1.14. The van der Waals surface area contributed by atoms with Gasteiger partial charge in [0.25, 0.3) is 0 Å². The zero-order valence-electron chi connectivity index (χ0n) is 10.6. The highest BCUT2D eigenvalue weighted by molar-refractivity contribution is 8.07. The highest BCUT2D eigenvalue weighted by atomic mass is 32.2. The van der Waals surface area contributed by atoms with Crippen molar-refractivity contribution in [3.63, 3.8) is 0 Å². The summed E-state index contributed by atoms with van der Waals surface area (Å²) in [6.45, 7) is 1.47. The summed E-state index contributed by atoms with van der Waals surface area (Å²) in [6, 6.07) is 7.15. The van der Waals surface area contributed by atoms with Crippen LogP contribution >= 0.6 is 23.5 Å². The largest absolute Gasteiger partial charge is 0.326 e. The van der Waals surface area contributed by atoms with Crippen LogP contribution in [0.1, 0.15) is 6.92 Å². The lowest BCUT2D eigenvalue weighted by Crippen LogP contribution is -2.30. The molecule has 0 saturated carbocycles. The van der Waals surface area contributed by atoms with E-state index in [1.165, 1.54) is 6.92 Å². The predicted octanol–water partition coefficient (Wildman–Crippen LogP) is 2.43. The van der Waals surface area contributed by atoms with E-state index in [1.54, 1.807) is 36.0 Å². The van der Waals surface area contributed by atoms with Crippen molar-refractivity contribution in [2.24, 2.45) is 0 Å². The third kappa shape index (κ3) is 4.47. The molecule has 0 spiro atoms. The second-order valence-electron chi connectivity index (χ2n) is 4.18. The molecule has 2 rings (SSSR count). The van der Waals surface area contributed by atoms with Crippen molar-refractivity contribution in [3.8, 4) is 0 Å². The van der Waals surface area contributed by atoms with Crippen LogP contribution in [0, 0.1) is 0 Å². The summed E-state index contributed by atoms with van der Waals surface area (Å²) in [6.07, 6.45) is 0. The fourth-order valence-electron chi connectivity index (χ4n) is 1.70. The lowest BCUT2D eigenvalue weighted by molar-refractivity contribution is -0.115. The van der Waals surface area contributed by atoms with E-state index in [4.69, 9.17) is 0 Å². The van der Waals surface area contributed by atoms with E-state index in [0.717, 1.165) is 28.6 Å². The van der Waals surface area contributed by atoms with Crippen LogP contribution in [0.4, 0.5) is 11.4 Å². The summed E-state index contributed by atoms with van der Waals surface area (Å²) < 4.78 is 0. The van der Waals surface area contributed by atoms with Crippen molar-refractivity contribution in [2.45, 2.75) is 12.2 Å². The van der Waals surface area contributed by atoms with E-state index in [-0.39, 0.29) is 17.1 Å². The van der Waals surface area contributed by atoms with Crippen LogP contribution in [0.25, 0.3) is 0 Å². The van der Waals surface area contributed by atoms with Gasteiger partial charge in [-0.25, -0.2) is 0 Å². The Morgan fingerprint density at radius 1 is 1.11 bits per heavy atom. The van der Waals surface area contributed by atoms with Crippen LogP contribution in [0.2, 0.25) is 0 Å². The number of hydrogen-bond acceptors (Lipinski definition) is 4. The Morgan fingerprint density at radius 2 is 1.74 bits per heavy atom. The standard InChI is InChI=1S/C13H16N2O2S2/c1-9(16)14-10-2-4-11(5-3-10)15-13(17)12-8-18-6-7-19-12/h2-5,12H,6-8H2,1H3,(H,14,16)(H,15,17). The lowest BCUT2D eigenvalue weighted by Gasteiger charge is -2.20. The second-order valence-corrected chi connectivity index (χ2v) is 6.64. The van der Waals surface area contributed by atoms with Crippen LogP contribution in [0.5, 0.6) is 0 Å².